The van der Waals surface area contributed by atoms with Crippen LogP contribution in [-0.2, 0) is 0 Å². The van der Waals surface area contributed by atoms with Gasteiger partial charge in [-0.15, -0.1) is 0 Å². The fraction of sp³-hybridized carbons (Fsp3) is 0.455. The maximum atomic E-state index is 5.71. The summed E-state index contributed by atoms with van der Waals surface area (Å²) in [5, 5.41) is 3.31. The minimum Gasteiger partial charge on any atom is -0.492 e. The number of halogens is 1. The van der Waals surface area contributed by atoms with Gasteiger partial charge >= 0.3 is 0 Å². The molecule has 3 heteroatoms. The highest BCUT2D eigenvalue weighted by atomic mass is 79.9. The van der Waals surface area contributed by atoms with Crippen LogP contribution < -0.4 is 10.1 Å². The molecule has 0 aliphatic carbocycles. The highest BCUT2D eigenvalue weighted by Crippen LogP contribution is 2.22. The summed E-state index contributed by atoms with van der Waals surface area (Å²) in [7, 11) is 0. The zero-order valence-corrected chi connectivity index (χ0v) is 9.80. The molecule has 14 heavy (non-hydrogen) atoms. The van der Waals surface area contributed by atoms with Gasteiger partial charge in [0, 0.05) is 10.5 Å². The van der Waals surface area contributed by atoms with Crippen LogP contribution in [0, 0.1) is 6.92 Å². The fourth-order valence-electron chi connectivity index (χ4n) is 1.46. The van der Waals surface area contributed by atoms with Gasteiger partial charge in [-0.25, -0.2) is 0 Å². The number of nitrogens with one attached hydrogen (secondary N) is 1. The van der Waals surface area contributed by atoms with Crippen molar-refractivity contribution in [1.29, 1.82) is 0 Å². The summed E-state index contributed by atoms with van der Waals surface area (Å²) in [6.45, 7) is 3.98. The molecule has 0 saturated carbocycles. The quantitative estimate of drug-likeness (QED) is 0.897. The van der Waals surface area contributed by atoms with E-state index < -0.39 is 0 Å². The van der Waals surface area contributed by atoms with Crippen LogP contribution in [0.1, 0.15) is 12.0 Å². The highest BCUT2D eigenvalue weighted by molar-refractivity contribution is 9.10. The Morgan fingerprint density at radius 2 is 2.36 bits per heavy atom. The van der Waals surface area contributed by atoms with Gasteiger partial charge in [-0.05, 0) is 43.7 Å². The molecule has 1 aliphatic rings. The van der Waals surface area contributed by atoms with Crippen LogP contribution in [0.4, 0.5) is 0 Å². The summed E-state index contributed by atoms with van der Waals surface area (Å²) >= 11 is 3.43. The van der Waals surface area contributed by atoms with Crippen molar-refractivity contribution in [2.45, 2.75) is 19.4 Å². The second kappa shape index (κ2) is 4.32. The van der Waals surface area contributed by atoms with E-state index >= 15 is 0 Å². The Morgan fingerprint density at radius 3 is 2.93 bits per heavy atom. The topological polar surface area (TPSA) is 21.3 Å². The molecule has 1 aromatic carbocycles. The SMILES string of the molecule is Cc1cc(Br)ccc1OCC1CCN1. The van der Waals surface area contributed by atoms with Crippen LogP contribution >= 0.6 is 15.9 Å². The van der Waals surface area contributed by atoms with E-state index in [2.05, 4.69) is 34.2 Å². The first-order valence-electron chi connectivity index (χ1n) is 4.88. The summed E-state index contributed by atoms with van der Waals surface area (Å²) in [4.78, 5) is 0. The van der Waals surface area contributed by atoms with Crippen LogP contribution in [0.15, 0.2) is 22.7 Å². The van der Waals surface area contributed by atoms with Crippen molar-refractivity contribution in [3.63, 3.8) is 0 Å². The molecule has 1 aliphatic heterocycles. The van der Waals surface area contributed by atoms with E-state index in [1.165, 1.54) is 12.0 Å². The van der Waals surface area contributed by atoms with Crippen LogP contribution in [0.25, 0.3) is 0 Å². The Bertz CT molecular complexity index is 323. The van der Waals surface area contributed by atoms with Crippen molar-refractivity contribution < 1.29 is 4.74 Å². The third-order valence-corrected chi connectivity index (χ3v) is 3.00. The molecule has 2 rings (SSSR count). The van der Waals surface area contributed by atoms with E-state index in [4.69, 9.17) is 4.74 Å². The summed E-state index contributed by atoms with van der Waals surface area (Å²) in [6, 6.07) is 6.65. The standard InChI is InChI=1S/C11H14BrNO/c1-8-6-9(12)2-3-11(8)14-7-10-4-5-13-10/h2-3,6,10,13H,4-5,7H2,1H3. The number of ether oxygens (including phenoxy) is 1. The lowest BCUT2D eigenvalue weighted by Gasteiger charge is -2.27. The molecular weight excluding hydrogens is 242 g/mol. The second-order valence-corrected chi connectivity index (χ2v) is 4.58. The molecule has 2 nitrogen and oxygen atoms in total. The first kappa shape index (κ1) is 9.99. The molecule has 1 atom stereocenters. The number of hydrogen-bond acceptors (Lipinski definition) is 2. The smallest absolute Gasteiger partial charge is 0.122 e. The Labute approximate surface area is 92.8 Å². The van der Waals surface area contributed by atoms with Gasteiger partial charge in [0.05, 0.1) is 0 Å². The lowest BCUT2D eigenvalue weighted by atomic mass is 10.1. The van der Waals surface area contributed by atoms with E-state index in [9.17, 15) is 0 Å². The molecule has 76 valence electrons. The number of rotatable bonds is 3. The van der Waals surface area contributed by atoms with Crippen LogP contribution in [-0.4, -0.2) is 19.2 Å². The van der Waals surface area contributed by atoms with Gasteiger partial charge in [-0.2, -0.15) is 0 Å². The number of hydrogen-bond donors (Lipinski definition) is 1. The zero-order valence-electron chi connectivity index (χ0n) is 8.22. The molecule has 1 aromatic rings. The Morgan fingerprint density at radius 1 is 1.57 bits per heavy atom. The normalized spacial score (nSPS) is 20.3. The highest BCUT2D eigenvalue weighted by Gasteiger charge is 2.16. The number of aryl methyl sites for hydroxylation is 1. The fourth-order valence-corrected chi connectivity index (χ4v) is 1.93. The van der Waals surface area contributed by atoms with E-state index in [0.29, 0.717) is 6.04 Å². The van der Waals surface area contributed by atoms with Crippen LogP contribution in [0.3, 0.4) is 0 Å². The minimum atomic E-state index is 0.554. The molecule has 0 spiro atoms. The van der Waals surface area contributed by atoms with Gasteiger partial charge < -0.3 is 10.1 Å². The maximum Gasteiger partial charge on any atom is 0.122 e. The van der Waals surface area contributed by atoms with Gasteiger partial charge in [-0.1, -0.05) is 15.9 Å². The van der Waals surface area contributed by atoms with Crippen molar-refractivity contribution in [3.05, 3.63) is 28.2 Å². The molecule has 0 aromatic heterocycles. The van der Waals surface area contributed by atoms with Crippen molar-refractivity contribution in [3.8, 4) is 5.75 Å². The third-order valence-electron chi connectivity index (χ3n) is 2.50. The van der Waals surface area contributed by atoms with E-state index in [1.807, 2.05) is 12.1 Å². The summed E-state index contributed by atoms with van der Waals surface area (Å²) in [5.41, 5.74) is 1.18. The summed E-state index contributed by atoms with van der Waals surface area (Å²) in [5.74, 6) is 0.988. The van der Waals surface area contributed by atoms with Crippen molar-refractivity contribution >= 4 is 15.9 Å². The lowest BCUT2D eigenvalue weighted by Crippen LogP contribution is -2.46. The van der Waals surface area contributed by atoms with Gasteiger partial charge in [0.2, 0.25) is 0 Å². The summed E-state index contributed by atoms with van der Waals surface area (Å²) < 4.78 is 6.81. The molecule has 1 N–H and O–H groups in total. The van der Waals surface area contributed by atoms with Crippen molar-refractivity contribution in [2.75, 3.05) is 13.2 Å². The lowest BCUT2D eigenvalue weighted by molar-refractivity contribution is 0.216. The predicted octanol–water partition coefficient (Wildman–Crippen LogP) is 2.50. The Kier molecular flexibility index (Phi) is 3.08. The molecule has 1 saturated heterocycles. The molecule has 1 heterocycles. The summed E-state index contributed by atoms with van der Waals surface area (Å²) in [6.07, 6.45) is 1.23. The second-order valence-electron chi connectivity index (χ2n) is 3.66. The Hall–Kier alpha value is -0.540. The minimum absolute atomic E-state index is 0.554. The maximum absolute atomic E-state index is 5.71. The van der Waals surface area contributed by atoms with E-state index in [-0.39, 0.29) is 0 Å². The largest absolute Gasteiger partial charge is 0.492 e. The molecule has 0 bridgehead atoms. The average molecular weight is 256 g/mol. The van der Waals surface area contributed by atoms with E-state index in [0.717, 1.165) is 23.4 Å². The van der Waals surface area contributed by atoms with Crippen molar-refractivity contribution in [2.24, 2.45) is 0 Å². The van der Waals surface area contributed by atoms with Gasteiger partial charge in [0.25, 0.3) is 0 Å². The van der Waals surface area contributed by atoms with E-state index in [1.54, 1.807) is 0 Å². The molecule has 0 radical (unpaired) electrons. The van der Waals surface area contributed by atoms with Gasteiger partial charge in [-0.3, -0.25) is 0 Å². The van der Waals surface area contributed by atoms with Crippen LogP contribution in [0.5, 0.6) is 5.75 Å². The van der Waals surface area contributed by atoms with Gasteiger partial charge in [0.1, 0.15) is 12.4 Å². The van der Waals surface area contributed by atoms with Crippen LogP contribution in [0.2, 0.25) is 0 Å². The number of benzene rings is 1. The predicted molar refractivity (Wildman–Crippen MR) is 60.8 cm³/mol. The first-order chi connectivity index (χ1) is 6.75. The molecule has 1 fully saturated rings. The monoisotopic (exact) mass is 255 g/mol. The molecular formula is C11H14BrNO. The molecule has 0 amide bonds. The van der Waals surface area contributed by atoms with Crippen molar-refractivity contribution in [1.82, 2.24) is 5.32 Å². The van der Waals surface area contributed by atoms with Gasteiger partial charge in [0.15, 0.2) is 0 Å². The Balaban J connectivity index is 1.94. The molecule has 1 unspecified atom stereocenters. The first-order valence-corrected chi connectivity index (χ1v) is 5.67. The third kappa shape index (κ3) is 2.28. The average Bonchev–Trinajstić information content (AvgIpc) is 2.05. The zero-order chi connectivity index (χ0) is 9.97.